The summed E-state index contributed by atoms with van der Waals surface area (Å²) in [7, 11) is 1.38. The first kappa shape index (κ1) is 12.2. The van der Waals surface area contributed by atoms with Crippen LogP contribution in [-0.4, -0.2) is 19.3 Å². The lowest BCUT2D eigenvalue weighted by atomic mass is 9.66. The van der Waals surface area contributed by atoms with E-state index < -0.39 is 0 Å². The fraction of sp³-hybridized carbons (Fsp3) is 0.200. The number of hydrogen-bond acceptors (Lipinski definition) is 3. The monoisotopic (exact) mass is 273 g/mol. The Balaban J connectivity index is 2.16. The van der Waals surface area contributed by atoms with Crippen molar-refractivity contribution in [2.75, 3.05) is 7.11 Å². The summed E-state index contributed by atoms with van der Waals surface area (Å²) >= 11 is 6.08. The first-order valence-corrected chi connectivity index (χ1v) is 6.34. The van der Waals surface area contributed by atoms with Crippen LogP contribution in [-0.2, 0) is 9.53 Å². The number of halogens is 1. The zero-order valence-corrected chi connectivity index (χ0v) is 11.1. The van der Waals surface area contributed by atoms with Gasteiger partial charge in [0.2, 0.25) is 0 Å². The molecule has 1 heterocycles. The lowest BCUT2D eigenvalue weighted by Crippen LogP contribution is -2.32. The van der Waals surface area contributed by atoms with Crippen LogP contribution in [0.4, 0.5) is 0 Å². The minimum absolute atomic E-state index is 0.287. The zero-order valence-electron chi connectivity index (χ0n) is 10.4. The third kappa shape index (κ3) is 1.81. The number of aliphatic imine (C=N–C) groups is 1. The molecule has 1 aliphatic heterocycles. The molecule has 4 heteroatoms. The molecule has 0 bridgehead atoms. The summed E-state index contributed by atoms with van der Waals surface area (Å²) in [5, 5.41) is 0.685. The molecule has 0 radical (unpaired) electrons. The van der Waals surface area contributed by atoms with Gasteiger partial charge in [-0.05, 0) is 41.9 Å². The molecule has 96 valence electrons. The molecule has 0 saturated carbocycles. The summed E-state index contributed by atoms with van der Waals surface area (Å²) in [4.78, 5) is 16.0. The predicted octanol–water partition coefficient (Wildman–Crippen LogP) is 3.06. The van der Waals surface area contributed by atoms with Crippen LogP contribution in [0.5, 0.6) is 0 Å². The van der Waals surface area contributed by atoms with Crippen molar-refractivity contribution in [3.05, 3.63) is 58.3 Å². The number of allylic oxidation sites excluding steroid dienone is 7. The molecule has 0 aromatic carbocycles. The summed E-state index contributed by atoms with van der Waals surface area (Å²) in [6.07, 6.45) is 13.9. The Hall–Kier alpha value is -1.87. The van der Waals surface area contributed by atoms with Crippen LogP contribution in [0, 0.1) is 5.41 Å². The Morgan fingerprint density at radius 3 is 3.00 bits per heavy atom. The maximum atomic E-state index is 11.7. The highest BCUT2D eigenvalue weighted by atomic mass is 35.5. The molecule has 1 atom stereocenters. The van der Waals surface area contributed by atoms with Crippen molar-refractivity contribution < 1.29 is 9.53 Å². The fourth-order valence-corrected chi connectivity index (χ4v) is 2.80. The average Bonchev–Trinajstić information content (AvgIpc) is 2.44. The second kappa shape index (κ2) is 4.35. The Kier molecular flexibility index (Phi) is 2.79. The molecular formula is C15H12ClNO2. The molecular weight excluding hydrogens is 262 g/mol. The van der Waals surface area contributed by atoms with Crippen molar-refractivity contribution in [3.8, 4) is 0 Å². The Labute approximate surface area is 116 Å². The molecule has 19 heavy (non-hydrogen) atoms. The van der Waals surface area contributed by atoms with Gasteiger partial charge in [-0.1, -0.05) is 17.7 Å². The van der Waals surface area contributed by atoms with Crippen LogP contribution >= 0.6 is 11.6 Å². The quantitative estimate of drug-likeness (QED) is 0.689. The maximum Gasteiger partial charge on any atom is 0.337 e. The van der Waals surface area contributed by atoms with Gasteiger partial charge in [0.05, 0.1) is 18.1 Å². The van der Waals surface area contributed by atoms with Crippen LogP contribution < -0.4 is 0 Å². The van der Waals surface area contributed by atoms with E-state index in [9.17, 15) is 4.79 Å². The number of methoxy groups -OCH3 is 1. The fourth-order valence-electron chi connectivity index (χ4n) is 2.60. The SMILES string of the molecule is COC(=O)C1=CC2=CC(Cl)=CCC23C=NC=CC3=C1. The largest absolute Gasteiger partial charge is 0.465 e. The molecule has 3 aliphatic rings. The summed E-state index contributed by atoms with van der Waals surface area (Å²) in [6, 6.07) is 0. The Morgan fingerprint density at radius 2 is 2.21 bits per heavy atom. The highest BCUT2D eigenvalue weighted by Crippen LogP contribution is 2.47. The van der Waals surface area contributed by atoms with Gasteiger partial charge in [0.15, 0.2) is 0 Å². The second-order valence-corrected chi connectivity index (χ2v) is 5.09. The van der Waals surface area contributed by atoms with E-state index in [0.29, 0.717) is 10.6 Å². The van der Waals surface area contributed by atoms with E-state index in [1.165, 1.54) is 7.11 Å². The molecule has 0 amide bonds. The number of nitrogens with zero attached hydrogens (tertiary/aromatic N) is 1. The van der Waals surface area contributed by atoms with E-state index >= 15 is 0 Å². The van der Waals surface area contributed by atoms with Gasteiger partial charge in [0.1, 0.15) is 0 Å². The molecule has 0 fully saturated rings. The topological polar surface area (TPSA) is 38.7 Å². The van der Waals surface area contributed by atoms with E-state index in [2.05, 4.69) is 4.99 Å². The van der Waals surface area contributed by atoms with Gasteiger partial charge in [-0.2, -0.15) is 0 Å². The molecule has 2 aliphatic carbocycles. The van der Waals surface area contributed by atoms with Gasteiger partial charge < -0.3 is 4.74 Å². The average molecular weight is 274 g/mol. The first-order valence-electron chi connectivity index (χ1n) is 5.97. The van der Waals surface area contributed by atoms with Crippen LogP contribution in [0.2, 0.25) is 0 Å². The molecule has 0 saturated heterocycles. The van der Waals surface area contributed by atoms with E-state index in [1.54, 1.807) is 6.20 Å². The Bertz CT molecular complexity index is 635. The highest BCUT2D eigenvalue weighted by Gasteiger charge is 2.40. The summed E-state index contributed by atoms with van der Waals surface area (Å²) < 4.78 is 4.79. The summed E-state index contributed by atoms with van der Waals surface area (Å²) in [5.74, 6) is -0.344. The molecule has 3 nitrogen and oxygen atoms in total. The lowest BCUT2D eigenvalue weighted by Gasteiger charge is -2.38. The summed E-state index contributed by atoms with van der Waals surface area (Å²) in [6.45, 7) is 0. The molecule has 0 aromatic heterocycles. The summed E-state index contributed by atoms with van der Waals surface area (Å²) in [5.41, 5.74) is 2.26. The van der Waals surface area contributed by atoms with Gasteiger partial charge in [-0.25, -0.2) is 4.79 Å². The molecule has 3 rings (SSSR count). The van der Waals surface area contributed by atoms with Crippen molar-refractivity contribution in [3.63, 3.8) is 0 Å². The van der Waals surface area contributed by atoms with Crippen LogP contribution in [0.3, 0.4) is 0 Å². The maximum absolute atomic E-state index is 11.7. The minimum Gasteiger partial charge on any atom is -0.465 e. The number of ether oxygens (including phenoxy) is 1. The van der Waals surface area contributed by atoms with Gasteiger partial charge >= 0.3 is 5.97 Å². The third-order valence-electron chi connectivity index (χ3n) is 3.62. The van der Waals surface area contributed by atoms with E-state index in [4.69, 9.17) is 16.3 Å². The van der Waals surface area contributed by atoms with E-state index in [0.717, 1.165) is 17.6 Å². The van der Waals surface area contributed by atoms with Crippen molar-refractivity contribution in [1.82, 2.24) is 0 Å². The standard InChI is InChI=1S/C15H12ClNO2/c1-19-14(18)10-6-11-3-5-17-9-15(11)4-2-13(16)8-12(15)7-10/h2-3,5-9H,4H2,1H3. The van der Waals surface area contributed by atoms with Gasteiger partial charge in [0, 0.05) is 17.4 Å². The number of hydrogen-bond donors (Lipinski definition) is 0. The second-order valence-electron chi connectivity index (χ2n) is 4.65. The first-order chi connectivity index (χ1) is 9.15. The minimum atomic E-state index is -0.344. The van der Waals surface area contributed by atoms with Crippen molar-refractivity contribution in [2.45, 2.75) is 6.42 Å². The van der Waals surface area contributed by atoms with E-state index in [-0.39, 0.29) is 11.4 Å². The van der Waals surface area contributed by atoms with Gasteiger partial charge in [0.25, 0.3) is 0 Å². The highest BCUT2D eigenvalue weighted by molar-refractivity contribution is 6.31. The predicted molar refractivity (Wildman–Crippen MR) is 74.9 cm³/mol. The third-order valence-corrected chi connectivity index (χ3v) is 3.88. The molecule has 1 unspecified atom stereocenters. The van der Waals surface area contributed by atoms with Crippen molar-refractivity contribution in [2.24, 2.45) is 10.4 Å². The van der Waals surface area contributed by atoms with Gasteiger partial charge in [-0.15, -0.1) is 0 Å². The smallest absolute Gasteiger partial charge is 0.337 e. The lowest BCUT2D eigenvalue weighted by molar-refractivity contribution is -0.135. The molecule has 0 N–H and O–H groups in total. The molecule has 0 aromatic rings. The van der Waals surface area contributed by atoms with Crippen LogP contribution in [0.15, 0.2) is 63.3 Å². The number of rotatable bonds is 1. The van der Waals surface area contributed by atoms with Crippen molar-refractivity contribution in [1.29, 1.82) is 0 Å². The number of esters is 1. The number of carbonyl (C=O) groups excluding carboxylic acids is 1. The van der Waals surface area contributed by atoms with Crippen molar-refractivity contribution >= 4 is 23.8 Å². The van der Waals surface area contributed by atoms with Crippen LogP contribution in [0.25, 0.3) is 0 Å². The zero-order chi connectivity index (χ0) is 13.5. The number of carbonyl (C=O) groups is 1. The Morgan fingerprint density at radius 1 is 1.37 bits per heavy atom. The van der Waals surface area contributed by atoms with Crippen LogP contribution in [0.1, 0.15) is 6.42 Å². The van der Waals surface area contributed by atoms with Gasteiger partial charge in [-0.3, -0.25) is 4.99 Å². The molecule has 1 spiro atoms. The van der Waals surface area contributed by atoms with E-state index in [1.807, 2.05) is 36.6 Å². The normalized spacial score (nSPS) is 27.5.